The zero-order valence-corrected chi connectivity index (χ0v) is 17.9. The van der Waals surface area contributed by atoms with Gasteiger partial charge in [-0.3, -0.25) is 4.79 Å². The summed E-state index contributed by atoms with van der Waals surface area (Å²) in [6, 6.07) is 3.34. The molecule has 1 fully saturated rings. The molecular formula is C15H15Br2N5O4S. The first-order valence-electron chi connectivity index (χ1n) is 7.82. The number of nitrogens with zero attached hydrogens (tertiary/aromatic N) is 4. The van der Waals surface area contributed by atoms with Crippen molar-refractivity contribution in [1.29, 1.82) is 0 Å². The summed E-state index contributed by atoms with van der Waals surface area (Å²) < 4.78 is 20.1. The lowest BCUT2D eigenvalue weighted by Gasteiger charge is -2.26. The van der Waals surface area contributed by atoms with E-state index in [9.17, 15) is 9.90 Å². The van der Waals surface area contributed by atoms with Crippen molar-refractivity contribution in [3.8, 4) is 11.6 Å². The van der Waals surface area contributed by atoms with Crippen molar-refractivity contribution < 1.29 is 19.4 Å². The van der Waals surface area contributed by atoms with Gasteiger partial charge in [-0.2, -0.15) is 9.47 Å². The molecule has 1 amide bonds. The minimum Gasteiger partial charge on any atom is -0.506 e. The Hall–Kier alpha value is -1.76. The Labute approximate surface area is 175 Å². The highest BCUT2D eigenvalue weighted by Gasteiger charge is 2.20. The zero-order chi connectivity index (χ0) is 19.2. The molecule has 0 spiro atoms. The van der Waals surface area contributed by atoms with E-state index in [0.717, 1.165) is 11.7 Å². The fraction of sp³-hybridized carbons (Fsp3) is 0.333. The van der Waals surface area contributed by atoms with Gasteiger partial charge in [0.2, 0.25) is 5.82 Å². The number of morpholine rings is 1. The van der Waals surface area contributed by atoms with Gasteiger partial charge in [0.05, 0.1) is 40.1 Å². The summed E-state index contributed by atoms with van der Waals surface area (Å²) in [7, 11) is 0. The smallest absolute Gasteiger partial charge is 0.278 e. The average Bonchev–Trinajstić information content (AvgIpc) is 3.14. The third kappa shape index (κ3) is 5.37. The second-order valence-electron chi connectivity index (χ2n) is 5.41. The van der Waals surface area contributed by atoms with Crippen LogP contribution in [0, 0.1) is 0 Å². The number of phenolic OH excluding ortho intramolecular Hbond substituents is 1. The number of aromatic nitrogens is 2. The molecule has 0 unspecified atom stereocenters. The van der Waals surface area contributed by atoms with E-state index >= 15 is 0 Å². The highest BCUT2D eigenvalue weighted by atomic mass is 79.9. The summed E-state index contributed by atoms with van der Waals surface area (Å²) in [5.74, 6) is 0.618. The molecule has 2 N–H and O–H groups in total. The van der Waals surface area contributed by atoms with E-state index in [2.05, 4.69) is 51.1 Å². The van der Waals surface area contributed by atoms with Gasteiger partial charge in [0.25, 0.3) is 11.8 Å². The van der Waals surface area contributed by atoms with Crippen molar-refractivity contribution in [3.63, 3.8) is 0 Å². The number of halogens is 2. The van der Waals surface area contributed by atoms with Crippen LogP contribution in [0.25, 0.3) is 0 Å². The molecule has 0 aliphatic carbocycles. The van der Waals surface area contributed by atoms with E-state index in [1.807, 2.05) is 4.90 Å². The number of nitrogens with one attached hydrogen (secondary N) is 1. The Balaban J connectivity index is 1.51. The van der Waals surface area contributed by atoms with E-state index in [-0.39, 0.29) is 12.4 Å². The zero-order valence-electron chi connectivity index (χ0n) is 13.9. The second-order valence-corrected chi connectivity index (χ2v) is 7.64. The molecular weight excluding hydrogens is 506 g/mol. The number of hydrogen-bond acceptors (Lipinski definition) is 9. The van der Waals surface area contributed by atoms with Crippen LogP contribution in [0.1, 0.15) is 5.56 Å². The monoisotopic (exact) mass is 519 g/mol. The number of phenols is 1. The lowest BCUT2D eigenvalue weighted by Crippen LogP contribution is -2.36. The van der Waals surface area contributed by atoms with Crippen molar-refractivity contribution in [2.24, 2.45) is 5.10 Å². The van der Waals surface area contributed by atoms with Gasteiger partial charge in [-0.25, -0.2) is 5.43 Å². The topological polar surface area (TPSA) is 109 Å². The number of benzene rings is 1. The van der Waals surface area contributed by atoms with Crippen LogP contribution in [0.5, 0.6) is 11.6 Å². The van der Waals surface area contributed by atoms with E-state index in [4.69, 9.17) is 9.47 Å². The largest absolute Gasteiger partial charge is 0.506 e. The summed E-state index contributed by atoms with van der Waals surface area (Å²) in [4.78, 5) is 13.9. The summed E-state index contributed by atoms with van der Waals surface area (Å²) in [6.07, 6.45) is 1.45. The summed E-state index contributed by atoms with van der Waals surface area (Å²) in [6.45, 7) is 2.42. The number of ether oxygens (including phenoxy) is 2. The molecule has 2 aromatic rings. The number of aromatic hydroxyl groups is 1. The third-order valence-electron chi connectivity index (χ3n) is 3.54. The van der Waals surface area contributed by atoms with Crippen molar-refractivity contribution in [3.05, 3.63) is 26.6 Å². The maximum Gasteiger partial charge on any atom is 0.278 e. The number of anilines is 1. The summed E-state index contributed by atoms with van der Waals surface area (Å²) in [5, 5.41) is 13.6. The van der Waals surface area contributed by atoms with Gasteiger partial charge in [-0.05, 0) is 49.6 Å². The van der Waals surface area contributed by atoms with Crippen LogP contribution in [0.15, 0.2) is 26.2 Å². The van der Waals surface area contributed by atoms with Gasteiger partial charge in [0, 0.05) is 13.1 Å². The highest BCUT2D eigenvalue weighted by molar-refractivity contribution is 9.11. The first kappa shape index (κ1) is 20.0. The standard InChI is InChI=1S/C15H15Br2N5O4S/c16-10-5-9(6-11(17)13(10)24)7-18-19-12(23)8-26-15-14(20-27-21-15)22-1-3-25-4-2-22/h5-7,24H,1-4,8H2,(H,19,23)/b18-7-. The predicted molar refractivity (Wildman–Crippen MR) is 108 cm³/mol. The fourth-order valence-electron chi connectivity index (χ4n) is 2.24. The van der Waals surface area contributed by atoms with E-state index < -0.39 is 5.91 Å². The quantitative estimate of drug-likeness (QED) is 0.443. The fourth-order valence-corrected chi connectivity index (χ4v) is 3.98. The Kier molecular flexibility index (Phi) is 6.99. The predicted octanol–water partition coefficient (Wildman–Crippen LogP) is 2.13. The van der Waals surface area contributed by atoms with Crippen LogP contribution in [0.3, 0.4) is 0 Å². The minimum absolute atomic E-state index is 0.0949. The van der Waals surface area contributed by atoms with Crippen molar-refractivity contribution in [2.45, 2.75) is 0 Å². The molecule has 0 bridgehead atoms. The number of rotatable bonds is 6. The maximum atomic E-state index is 11.9. The van der Waals surface area contributed by atoms with Crippen LogP contribution in [0.2, 0.25) is 0 Å². The van der Waals surface area contributed by atoms with Crippen molar-refractivity contribution in [2.75, 3.05) is 37.8 Å². The summed E-state index contributed by atoms with van der Waals surface area (Å²) in [5.41, 5.74) is 3.07. The van der Waals surface area contributed by atoms with Crippen molar-refractivity contribution >= 4 is 61.5 Å². The van der Waals surface area contributed by atoms with Gasteiger partial charge in [0.15, 0.2) is 6.61 Å². The average molecular weight is 521 g/mol. The lowest BCUT2D eigenvalue weighted by atomic mass is 10.2. The molecule has 1 aliphatic rings. The van der Waals surface area contributed by atoms with E-state index in [0.29, 0.717) is 52.5 Å². The van der Waals surface area contributed by atoms with Crippen LogP contribution in [0.4, 0.5) is 5.82 Å². The van der Waals surface area contributed by atoms with Crippen molar-refractivity contribution in [1.82, 2.24) is 14.2 Å². The molecule has 1 aromatic carbocycles. The molecule has 27 heavy (non-hydrogen) atoms. The minimum atomic E-state index is -0.427. The van der Waals surface area contributed by atoms with Gasteiger partial charge in [-0.1, -0.05) is 0 Å². The van der Waals surface area contributed by atoms with Crippen LogP contribution in [-0.2, 0) is 9.53 Å². The Bertz CT molecular complexity index is 818. The molecule has 0 atom stereocenters. The number of carbonyl (C=O) groups excluding carboxylic acids is 1. The third-order valence-corrected chi connectivity index (χ3v) is 5.25. The molecule has 1 aliphatic heterocycles. The lowest BCUT2D eigenvalue weighted by molar-refractivity contribution is -0.123. The molecule has 144 valence electrons. The highest BCUT2D eigenvalue weighted by Crippen LogP contribution is 2.32. The Morgan fingerprint density at radius 1 is 1.37 bits per heavy atom. The molecule has 0 saturated carbocycles. The number of amides is 1. The van der Waals surface area contributed by atoms with E-state index in [1.165, 1.54) is 6.21 Å². The van der Waals surface area contributed by atoms with Gasteiger partial charge >= 0.3 is 0 Å². The Morgan fingerprint density at radius 2 is 2.07 bits per heavy atom. The first-order valence-corrected chi connectivity index (χ1v) is 10.1. The van der Waals surface area contributed by atoms with Crippen LogP contribution in [-0.4, -0.2) is 58.9 Å². The van der Waals surface area contributed by atoms with Gasteiger partial charge < -0.3 is 19.5 Å². The molecule has 1 aromatic heterocycles. The normalized spacial score (nSPS) is 14.5. The molecule has 0 radical (unpaired) electrons. The SMILES string of the molecule is O=C(COc1nsnc1N1CCOCC1)N/N=C\c1cc(Br)c(O)c(Br)c1. The maximum absolute atomic E-state index is 11.9. The molecule has 2 heterocycles. The Morgan fingerprint density at radius 3 is 2.78 bits per heavy atom. The summed E-state index contributed by atoms with van der Waals surface area (Å²) >= 11 is 7.50. The molecule has 3 rings (SSSR count). The first-order chi connectivity index (χ1) is 13.0. The van der Waals surface area contributed by atoms with E-state index in [1.54, 1.807) is 12.1 Å². The van der Waals surface area contributed by atoms with Gasteiger partial charge in [-0.15, -0.1) is 4.37 Å². The van der Waals surface area contributed by atoms with Gasteiger partial charge in [0.1, 0.15) is 5.75 Å². The molecule has 9 nitrogen and oxygen atoms in total. The number of carbonyl (C=O) groups is 1. The number of hydrogen-bond donors (Lipinski definition) is 2. The second kappa shape index (κ2) is 9.44. The van der Waals surface area contributed by atoms with Crippen LogP contribution < -0.4 is 15.1 Å². The molecule has 1 saturated heterocycles. The number of hydrazone groups is 1. The van der Waals surface area contributed by atoms with Crippen LogP contribution >= 0.6 is 43.6 Å². The molecule has 12 heteroatoms.